The average Bonchev–Trinajstić information content (AvgIpc) is 2.17. The van der Waals surface area contributed by atoms with Gasteiger partial charge in [0.15, 0.2) is 0 Å². The number of thiazole rings is 1. The molecule has 0 aliphatic carbocycles. The minimum atomic E-state index is 0. The second kappa shape index (κ2) is 16.3. The average molecular weight is 172 g/mol. The molecule has 1 radical (unpaired) electrons. The normalized spacial score (nSPS) is 5.40. The fourth-order valence-electron chi connectivity index (χ4n) is 0.176. The van der Waals surface area contributed by atoms with E-state index < -0.39 is 0 Å². The molecule has 4 nitrogen and oxygen atoms in total. The van der Waals surface area contributed by atoms with Crippen molar-refractivity contribution in [3.05, 3.63) is 17.1 Å². The monoisotopic (exact) mass is 172 g/mol. The van der Waals surface area contributed by atoms with Crippen LogP contribution in [0.2, 0.25) is 0 Å². The van der Waals surface area contributed by atoms with Crippen LogP contribution in [-0.2, 0) is 0 Å². The first-order chi connectivity index (χ1) is 3.91. The SMILES string of the molecule is O.O[B]O.[H-].[Na+].c1cscn1. The van der Waals surface area contributed by atoms with Crippen molar-refractivity contribution in [2.75, 3.05) is 0 Å². The molecule has 0 aromatic carbocycles. The molecule has 4 N–H and O–H groups in total. The van der Waals surface area contributed by atoms with E-state index in [0.717, 1.165) is 0 Å². The molecule has 0 bridgehead atoms. The summed E-state index contributed by atoms with van der Waals surface area (Å²) < 4.78 is 0. The van der Waals surface area contributed by atoms with E-state index in [0.29, 0.717) is 0 Å². The summed E-state index contributed by atoms with van der Waals surface area (Å²) in [5.74, 6) is 0. The summed E-state index contributed by atoms with van der Waals surface area (Å²) in [5.41, 5.74) is 1.79. The molecule has 0 aliphatic heterocycles. The van der Waals surface area contributed by atoms with Crippen LogP contribution in [0.5, 0.6) is 0 Å². The Labute approximate surface area is 87.3 Å². The summed E-state index contributed by atoms with van der Waals surface area (Å²) in [6, 6.07) is 0. The van der Waals surface area contributed by atoms with Crippen molar-refractivity contribution in [2.24, 2.45) is 0 Å². The van der Waals surface area contributed by atoms with Crippen LogP contribution in [0, 0.1) is 0 Å². The van der Waals surface area contributed by atoms with Gasteiger partial charge in [0.25, 0.3) is 0 Å². The zero-order valence-corrected chi connectivity index (χ0v) is 8.38. The minimum absolute atomic E-state index is 0. The van der Waals surface area contributed by atoms with Gasteiger partial charge in [-0.15, -0.1) is 11.3 Å². The van der Waals surface area contributed by atoms with Crippen molar-refractivity contribution >= 4 is 19.0 Å². The molecule has 10 heavy (non-hydrogen) atoms. The summed E-state index contributed by atoms with van der Waals surface area (Å²) in [4.78, 5) is 3.74. The Morgan fingerprint density at radius 2 is 2.00 bits per heavy atom. The molecular formula is C3H8BNNaO3S. The van der Waals surface area contributed by atoms with Gasteiger partial charge in [0.2, 0.25) is 0 Å². The van der Waals surface area contributed by atoms with Crippen molar-refractivity contribution in [1.29, 1.82) is 0 Å². The topological polar surface area (TPSA) is 84.9 Å². The number of hydrogen-bond acceptors (Lipinski definition) is 4. The quantitative estimate of drug-likeness (QED) is 0.390. The molecule has 1 aromatic heterocycles. The Kier molecular flexibility index (Phi) is 27.5. The first-order valence-corrected chi connectivity index (χ1v) is 2.78. The van der Waals surface area contributed by atoms with Gasteiger partial charge in [-0.25, -0.2) is 0 Å². The second-order valence-electron chi connectivity index (χ2n) is 0.791. The molecule has 0 saturated heterocycles. The Morgan fingerprint density at radius 3 is 2.10 bits per heavy atom. The van der Waals surface area contributed by atoms with Crippen molar-refractivity contribution in [3.8, 4) is 0 Å². The van der Waals surface area contributed by atoms with E-state index in [1.165, 1.54) is 0 Å². The summed E-state index contributed by atoms with van der Waals surface area (Å²) in [6.07, 6.45) is 1.77. The van der Waals surface area contributed by atoms with Gasteiger partial charge in [-0.05, 0) is 0 Å². The molecule has 0 fully saturated rings. The number of hydrogen-bond donors (Lipinski definition) is 2. The van der Waals surface area contributed by atoms with Gasteiger partial charge in [-0.3, -0.25) is 4.98 Å². The molecule has 1 rings (SSSR count). The predicted molar refractivity (Wildman–Crippen MR) is 37.0 cm³/mol. The molecule has 0 spiro atoms. The maximum atomic E-state index is 7.00. The molecule has 0 unspecified atom stereocenters. The van der Waals surface area contributed by atoms with Crippen LogP contribution in [0.4, 0.5) is 0 Å². The Bertz CT molecular complexity index is 95.5. The summed E-state index contributed by atoms with van der Waals surface area (Å²) >= 11 is 1.60. The molecule has 0 amide bonds. The van der Waals surface area contributed by atoms with E-state index in [-0.39, 0.29) is 44.1 Å². The second-order valence-corrected chi connectivity index (χ2v) is 1.55. The van der Waals surface area contributed by atoms with Gasteiger partial charge in [-0.2, -0.15) is 0 Å². The zero-order chi connectivity index (χ0) is 6.24. The van der Waals surface area contributed by atoms with Crippen molar-refractivity contribution in [3.63, 3.8) is 0 Å². The van der Waals surface area contributed by atoms with Crippen LogP contribution >= 0.6 is 11.3 Å². The molecule has 0 atom stereocenters. The minimum Gasteiger partial charge on any atom is -1.00 e. The van der Waals surface area contributed by atoms with Crippen LogP contribution in [0.15, 0.2) is 17.1 Å². The molecule has 0 saturated carbocycles. The van der Waals surface area contributed by atoms with Crippen LogP contribution in [-0.4, -0.2) is 28.2 Å². The van der Waals surface area contributed by atoms with Gasteiger partial charge in [0.05, 0.1) is 5.51 Å². The van der Waals surface area contributed by atoms with Crippen molar-refractivity contribution in [2.45, 2.75) is 0 Å². The summed E-state index contributed by atoms with van der Waals surface area (Å²) in [7, 11) is 0. The van der Waals surface area contributed by atoms with Gasteiger partial charge >= 0.3 is 37.2 Å². The van der Waals surface area contributed by atoms with Crippen LogP contribution in [0.1, 0.15) is 1.43 Å². The number of aromatic nitrogens is 1. The first-order valence-electron chi connectivity index (χ1n) is 1.84. The van der Waals surface area contributed by atoms with E-state index in [2.05, 4.69) is 4.98 Å². The summed E-state index contributed by atoms with van der Waals surface area (Å²) in [5, 5.41) is 15.9. The van der Waals surface area contributed by atoms with Gasteiger partial charge in [0.1, 0.15) is 0 Å². The smallest absolute Gasteiger partial charge is 1.00 e. The van der Waals surface area contributed by atoms with Crippen LogP contribution in [0.25, 0.3) is 0 Å². The zero-order valence-electron chi connectivity index (χ0n) is 6.56. The van der Waals surface area contributed by atoms with Crippen LogP contribution in [0.3, 0.4) is 0 Å². The maximum absolute atomic E-state index is 7.00. The predicted octanol–water partition coefficient (Wildman–Crippen LogP) is -4.06. The van der Waals surface area contributed by atoms with Gasteiger partial charge < -0.3 is 17.0 Å². The third-order valence-electron chi connectivity index (χ3n) is 0.347. The number of nitrogens with zero attached hydrogens (tertiary/aromatic N) is 1. The molecule has 1 heterocycles. The van der Waals surface area contributed by atoms with E-state index >= 15 is 0 Å². The summed E-state index contributed by atoms with van der Waals surface area (Å²) in [6.45, 7) is 0. The standard InChI is InChI=1S/C3H3NS.BH2O2.Na.H2O.H/c1-2-5-3-4-1;2-1-3;;;/h1-3H;2-3H;;1H2;/q;;+1;;-1. The number of rotatable bonds is 0. The maximum Gasteiger partial charge on any atom is 1.00 e. The molecule has 53 valence electrons. The Balaban J connectivity index is -0.0000000379. The Hall–Kier alpha value is 0.575. The van der Waals surface area contributed by atoms with Crippen molar-refractivity contribution in [1.82, 2.24) is 4.98 Å². The fourth-order valence-corrected chi connectivity index (χ4v) is 0.527. The van der Waals surface area contributed by atoms with E-state index in [1.54, 1.807) is 23.0 Å². The van der Waals surface area contributed by atoms with E-state index in [1.807, 2.05) is 5.38 Å². The Morgan fingerprint density at radius 1 is 1.50 bits per heavy atom. The molecule has 7 heteroatoms. The van der Waals surface area contributed by atoms with E-state index in [9.17, 15) is 0 Å². The van der Waals surface area contributed by atoms with Crippen LogP contribution < -0.4 is 29.6 Å². The van der Waals surface area contributed by atoms with Gasteiger partial charge in [0, 0.05) is 11.6 Å². The van der Waals surface area contributed by atoms with Crippen molar-refractivity contribution < 1.29 is 46.5 Å². The molecular weight excluding hydrogens is 164 g/mol. The van der Waals surface area contributed by atoms with E-state index in [4.69, 9.17) is 10.0 Å². The fraction of sp³-hybridized carbons (Fsp3) is 0. The largest absolute Gasteiger partial charge is 1.00 e. The third kappa shape index (κ3) is 15.8. The molecule has 1 aromatic rings. The molecule has 0 aliphatic rings. The van der Waals surface area contributed by atoms with Gasteiger partial charge in [-0.1, -0.05) is 0 Å². The first kappa shape index (κ1) is 16.9. The third-order valence-corrected chi connectivity index (χ3v) is 0.869.